The number of alkyl halides is 3. The summed E-state index contributed by atoms with van der Waals surface area (Å²) in [6.07, 6.45) is -4.55. The lowest BCUT2D eigenvalue weighted by atomic mass is 10.7. The first-order valence-electron chi connectivity index (χ1n) is 3.21. The SMILES string of the molecule is NC(=O)COc1nnc(C(F)(F)F)s1. The number of hydrogen-bond acceptors (Lipinski definition) is 5. The standard InChI is InChI=1S/C5H4F3N3O2S/c6-5(7,8)3-10-11-4(14-3)13-1-2(9)12/h1H2,(H2,9,12). The second kappa shape index (κ2) is 3.78. The quantitative estimate of drug-likeness (QED) is 0.811. The fraction of sp³-hybridized carbons (Fsp3) is 0.400. The fourth-order valence-corrected chi connectivity index (χ4v) is 1.08. The molecule has 0 atom stereocenters. The molecular formula is C5H4F3N3O2S. The maximum atomic E-state index is 12.0. The molecule has 9 heteroatoms. The van der Waals surface area contributed by atoms with Gasteiger partial charge in [0.15, 0.2) is 6.61 Å². The van der Waals surface area contributed by atoms with Crippen LogP contribution in [0.2, 0.25) is 0 Å². The van der Waals surface area contributed by atoms with E-state index >= 15 is 0 Å². The molecule has 0 saturated heterocycles. The van der Waals surface area contributed by atoms with Crippen molar-refractivity contribution >= 4 is 17.2 Å². The van der Waals surface area contributed by atoms with Crippen molar-refractivity contribution in [3.63, 3.8) is 0 Å². The van der Waals surface area contributed by atoms with E-state index in [-0.39, 0.29) is 16.5 Å². The van der Waals surface area contributed by atoms with Crippen LogP contribution in [-0.4, -0.2) is 22.7 Å². The second-order valence-corrected chi connectivity index (χ2v) is 3.07. The molecule has 78 valence electrons. The Hall–Kier alpha value is -1.38. The van der Waals surface area contributed by atoms with E-state index in [0.717, 1.165) is 0 Å². The van der Waals surface area contributed by atoms with Crippen LogP contribution < -0.4 is 10.5 Å². The summed E-state index contributed by atoms with van der Waals surface area (Å²) < 4.78 is 40.4. The number of carbonyl (C=O) groups is 1. The van der Waals surface area contributed by atoms with E-state index < -0.39 is 23.7 Å². The van der Waals surface area contributed by atoms with E-state index in [1.807, 2.05) is 0 Å². The summed E-state index contributed by atoms with van der Waals surface area (Å²) in [5.41, 5.74) is 4.70. The van der Waals surface area contributed by atoms with E-state index in [9.17, 15) is 18.0 Å². The summed E-state index contributed by atoms with van der Waals surface area (Å²) in [5.74, 6) is -0.797. The summed E-state index contributed by atoms with van der Waals surface area (Å²) in [6.45, 7) is -0.521. The van der Waals surface area contributed by atoms with Crippen molar-refractivity contribution in [1.82, 2.24) is 10.2 Å². The molecule has 1 rings (SSSR count). The summed E-state index contributed by atoms with van der Waals surface area (Å²) in [7, 11) is 0. The van der Waals surface area contributed by atoms with E-state index in [1.165, 1.54) is 0 Å². The van der Waals surface area contributed by atoms with Crippen LogP contribution in [0.5, 0.6) is 5.19 Å². The molecule has 0 aliphatic rings. The lowest BCUT2D eigenvalue weighted by Gasteiger charge is -1.97. The molecule has 1 amide bonds. The van der Waals surface area contributed by atoms with E-state index in [4.69, 9.17) is 5.73 Å². The van der Waals surface area contributed by atoms with Crippen LogP contribution >= 0.6 is 11.3 Å². The third-order valence-electron chi connectivity index (χ3n) is 0.987. The number of nitrogens with two attached hydrogens (primary N) is 1. The van der Waals surface area contributed by atoms with Crippen molar-refractivity contribution in [3.05, 3.63) is 5.01 Å². The van der Waals surface area contributed by atoms with Gasteiger partial charge in [-0.1, -0.05) is 16.4 Å². The topological polar surface area (TPSA) is 78.1 Å². The molecule has 0 bridgehead atoms. The molecule has 2 N–H and O–H groups in total. The summed E-state index contributed by atoms with van der Waals surface area (Å²) >= 11 is 0.205. The Kier molecular flexibility index (Phi) is 2.89. The molecule has 5 nitrogen and oxygen atoms in total. The molecule has 0 aromatic carbocycles. The highest BCUT2D eigenvalue weighted by Gasteiger charge is 2.35. The highest BCUT2D eigenvalue weighted by Crippen LogP contribution is 2.33. The maximum absolute atomic E-state index is 12.0. The van der Waals surface area contributed by atoms with Crippen LogP contribution in [0.4, 0.5) is 13.2 Å². The van der Waals surface area contributed by atoms with Gasteiger partial charge >= 0.3 is 6.18 Å². The third-order valence-corrected chi connectivity index (χ3v) is 1.87. The van der Waals surface area contributed by atoms with Crippen molar-refractivity contribution in [3.8, 4) is 5.19 Å². The average Bonchev–Trinajstić information content (AvgIpc) is 2.47. The van der Waals surface area contributed by atoms with Gasteiger partial charge in [-0.2, -0.15) is 13.2 Å². The number of amides is 1. The van der Waals surface area contributed by atoms with Crippen LogP contribution in [0, 0.1) is 0 Å². The van der Waals surface area contributed by atoms with E-state index in [2.05, 4.69) is 14.9 Å². The molecule has 1 heterocycles. The molecule has 0 unspecified atom stereocenters. The smallest absolute Gasteiger partial charge is 0.445 e. The summed E-state index contributed by atoms with van der Waals surface area (Å²) in [6, 6.07) is 0. The lowest BCUT2D eigenvalue weighted by molar-refractivity contribution is -0.138. The minimum absolute atomic E-state index is 0.205. The number of nitrogens with zero attached hydrogens (tertiary/aromatic N) is 2. The van der Waals surface area contributed by atoms with Crippen LogP contribution in [0.1, 0.15) is 5.01 Å². The van der Waals surface area contributed by atoms with Gasteiger partial charge in [-0.3, -0.25) is 4.79 Å². The molecule has 1 aromatic rings. The Morgan fingerprint density at radius 3 is 2.57 bits per heavy atom. The molecule has 0 spiro atoms. The third kappa shape index (κ3) is 2.83. The minimum Gasteiger partial charge on any atom is -0.459 e. The molecule has 0 aliphatic heterocycles. The molecule has 14 heavy (non-hydrogen) atoms. The van der Waals surface area contributed by atoms with Crippen molar-refractivity contribution in [1.29, 1.82) is 0 Å². The van der Waals surface area contributed by atoms with Crippen LogP contribution in [-0.2, 0) is 11.0 Å². The molecule has 1 aromatic heterocycles. The van der Waals surface area contributed by atoms with Gasteiger partial charge in [0.1, 0.15) is 0 Å². The van der Waals surface area contributed by atoms with Gasteiger partial charge in [0.05, 0.1) is 0 Å². The second-order valence-electron chi connectivity index (χ2n) is 2.13. The zero-order chi connectivity index (χ0) is 10.8. The Balaban J connectivity index is 2.64. The van der Waals surface area contributed by atoms with Crippen LogP contribution in [0.15, 0.2) is 0 Å². The Labute approximate surface area is 79.7 Å². The molecule has 0 aliphatic carbocycles. The van der Waals surface area contributed by atoms with Crippen molar-refractivity contribution < 1.29 is 22.7 Å². The van der Waals surface area contributed by atoms with E-state index in [1.54, 1.807) is 0 Å². The number of hydrogen-bond donors (Lipinski definition) is 1. The van der Waals surface area contributed by atoms with Crippen LogP contribution in [0.3, 0.4) is 0 Å². The summed E-state index contributed by atoms with van der Waals surface area (Å²) in [5, 5.41) is 4.44. The average molecular weight is 227 g/mol. The van der Waals surface area contributed by atoms with Gasteiger partial charge in [0.25, 0.3) is 11.1 Å². The highest BCUT2D eigenvalue weighted by atomic mass is 32.1. The number of carbonyl (C=O) groups excluding carboxylic acids is 1. The largest absolute Gasteiger partial charge is 0.459 e. The number of halogens is 3. The highest BCUT2D eigenvalue weighted by molar-refractivity contribution is 7.13. The van der Waals surface area contributed by atoms with Crippen LogP contribution in [0.25, 0.3) is 0 Å². The van der Waals surface area contributed by atoms with E-state index in [0.29, 0.717) is 0 Å². The molecule has 0 fully saturated rings. The zero-order valence-electron chi connectivity index (χ0n) is 6.54. The maximum Gasteiger partial charge on any atom is 0.445 e. The van der Waals surface area contributed by atoms with Gasteiger partial charge in [-0.25, -0.2) is 0 Å². The van der Waals surface area contributed by atoms with Crippen molar-refractivity contribution in [2.24, 2.45) is 5.73 Å². The van der Waals surface area contributed by atoms with Gasteiger partial charge in [0.2, 0.25) is 5.01 Å². The first kappa shape index (κ1) is 10.7. The number of rotatable bonds is 3. The normalized spacial score (nSPS) is 11.4. The lowest BCUT2D eigenvalue weighted by Crippen LogP contribution is -2.19. The van der Waals surface area contributed by atoms with Gasteiger partial charge < -0.3 is 10.5 Å². The van der Waals surface area contributed by atoms with Crippen molar-refractivity contribution in [2.45, 2.75) is 6.18 Å². The molecule has 0 saturated carbocycles. The number of primary amides is 1. The number of ether oxygens (including phenoxy) is 1. The molecule has 0 radical (unpaired) electrons. The Morgan fingerprint density at radius 2 is 2.14 bits per heavy atom. The Bertz CT molecular complexity index is 337. The minimum atomic E-state index is -4.55. The Morgan fingerprint density at radius 1 is 1.50 bits per heavy atom. The van der Waals surface area contributed by atoms with Gasteiger partial charge in [-0.05, 0) is 0 Å². The first-order valence-corrected chi connectivity index (χ1v) is 4.03. The summed E-state index contributed by atoms with van der Waals surface area (Å²) in [4.78, 5) is 10.2. The van der Waals surface area contributed by atoms with Gasteiger partial charge in [-0.15, -0.1) is 5.10 Å². The first-order chi connectivity index (χ1) is 6.39. The number of aromatic nitrogens is 2. The zero-order valence-corrected chi connectivity index (χ0v) is 7.35. The molecular weight excluding hydrogens is 223 g/mol. The fourth-order valence-electron chi connectivity index (χ4n) is 0.516. The predicted molar refractivity (Wildman–Crippen MR) is 39.6 cm³/mol. The predicted octanol–water partition coefficient (Wildman–Crippen LogP) is 0.421. The monoisotopic (exact) mass is 227 g/mol. The van der Waals surface area contributed by atoms with Gasteiger partial charge in [0, 0.05) is 0 Å². The van der Waals surface area contributed by atoms with Crippen molar-refractivity contribution in [2.75, 3.05) is 6.61 Å².